The predicted molar refractivity (Wildman–Crippen MR) is 128 cm³/mol. The molecule has 1 heterocycles. The average molecular weight is 531 g/mol. The van der Waals surface area contributed by atoms with Crippen molar-refractivity contribution in [2.24, 2.45) is 0 Å². The first-order valence-corrected chi connectivity index (χ1v) is 10.9. The standard InChI is InChI=1S/C23H17BrClN3O5/c24-15-9-18-19(28-23(31)27-18)10-17(15)26-21(29)12-33-22(30)14-6-2-4-8-20(14)32-11-13-5-1-3-7-16(13)25/h1-10H,11-12H2,(H,26,29)(H2,27,28,31). The summed E-state index contributed by atoms with van der Waals surface area (Å²) in [6, 6.07) is 17.1. The van der Waals surface area contributed by atoms with Crippen LogP contribution in [-0.2, 0) is 16.1 Å². The topological polar surface area (TPSA) is 113 Å². The molecule has 0 fully saturated rings. The lowest BCUT2D eigenvalue weighted by Gasteiger charge is -2.12. The summed E-state index contributed by atoms with van der Waals surface area (Å²) >= 11 is 9.49. The first-order valence-electron chi connectivity index (χ1n) is 9.74. The van der Waals surface area contributed by atoms with Crippen LogP contribution in [0.15, 0.2) is 69.9 Å². The van der Waals surface area contributed by atoms with Crippen molar-refractivity contribution in [1.29, 1.82) is 0 Å². The molecule has 0 saturated heterocycles. The summed E-state index contributed by atoms with van der Waals surface area (Å²) in [5, 5.41) is 3.20. The number of carbonyl (C=O) groups is 2. The number of carbonyl (C=O) groups excluding carboxylic acids is 2. The van der Waals surface area contributed by atoms with Gasteiger partial charge in [-0.25, -0.2) is 9.59 Å². The van der Waals surface area contributed by atoms with Crippen LogP contribution in [0.5, 0.6) is 5.75 Å². The highest BCUT2D eigenvalue weighted by Gasteiger charge is 2.17. The Balaban J connectivity index is 1.39. The molecule has 0 aliphatic rings. The Hall–Kier alpha value is -3.56. The quantitative estimate of drug-likeness (QED) is 0.301. The van der Waals surface area contributed by atoms with Crippen LogP contribution in [0, 0.1) is 0 Å². The first kappa shape index (κ1) is 22.6. The van der Waals surface area contributed by atoms with E-state index >= 15 is 0 Å². The molecule has 0 aliphatic carbocycles. The van der Waals surface area contributed by atoms with Gasteiger partial charge in [-0.15, -0.1) is 0 Å². The highest BCUT2D eigenvalue weighted by molar-refractivity contribution is 9.10. The minimum Gasteiger partial charge on any atom is -0.488 e. The second kappa shape index (κ2) is 9.93. The molecule has 10 heteroatoms. The third-order valence-electron chi connectivity index (χ3n) is 4.66. The van der Waals surface area contributed by atoms with Crippen LogP contribution < -0.4 is 15.7 Å². The number of anilines is 1. The van der Waals surface area contributed by atoms with Gasteiger partial charge >= 0.3 is 11.7 Å². The number of aromatic amines is 2. The summed E-state index contributed by atoms with van der Waals surface area (Å²) in [4.78, 5) is 41.6. The third kappa shape index (κ3) is 5.44. The number of rotatable bonds is 7. The maximum atomic E-state index is 12.6. The van der Waals surface area contributed by atoms with Crippen molar-refractivity contribution in [3.05, 3.63) is 91.8 Å². The molecule has 0 saturated carbocycles. The number of hydrogen-bond donors (Lipinski definition) is 3. The van der Waals surface area contributed by atoms with E-state index in [1.165, 1.54) is 0 Å². The summed E-state index contributed by atoms with van der Waals surface area (Å²) in [7, 11) is 0. The van der Waals surface area contributed by atoms with Gasteiger partial charge in [0.1, 0.15) is 17.9 Å². The van der Waals surface area contributed by atoms with Gasteiger partial charge in [0.2, 0.25) is 0 Å². The zero-order valence-corrected chi connectivity index (χ0v) is 19.3. The van der Waals surface area contributed by atoms with E-state index in [0.29, 0.717) is 32.0 Å². The number of halogens is 2. The largest absolute Gasteiger partial charge is 0.488 e. The van der Waals surface area contributed by atoms with Crippen molar-refractivity contribution in [2.75, 3.05) is 11.9 Å². The molecular weight excluding hydrogens is 514 g/mol. The number of aromatic nitrogens is 2. The summed E-state index contributed by atoms with van der Waals surface area (Å²) in [6.45, 7) is -0.339. The lowest BCUT2D eigenvalue weighted by Crippen LogP contribution is -2.21. The van der Waals surface area contributed by atoms with Gasteiger partial charge in [-0.05, 0) is 46.3 Å². The van der Waals surface area contributed by atoms with E-state index in [0.717, 1.165) is 5.56 Å². The molecule has 33 heavy (non-hydrogen) atoms. The number of hydrogen-bond acceptors (Lipinski definition) is 5. The molecule has 168 valence electrons. The number of amides is 1. The zero-order chi connectivity index (χ0) is 23.4. The lowest BCUT2D eigenvalue weighted by atomic mass is 10.2. The van der Waals surface area contributed by atoms with Crippen LogP contribution in [0.4, 0.5) is 5.69 Å². The van der Waals surface area contributed by atoms with Crippen molar-refractivity contribution in [2.45, 2.75) is 6.61 Å². The van der Waals surface area contributed by atoms with Gasteiger partial charge in [-0.3, -0.25) is 4.79 Å². The lowest BCUT2D eigenvalue weighted by molar-refractivity contribution is -0.119. The van der Waals surface area contributed by atoms with Crippen LogP contribution in [0.1, 0.15) is 15.9 Å². The second-order valence-corrected chi connectivity index (χ2v) is 8.22. The second-order valence-electron chi connectivity index (χ2n) is 6.96. The zero-order valence-electron chi connectivity index (χ0n) is 17.0. The number of ether oxygens (including phenoxy) is 2. The molecule has 0 spiro atoms. The monoisotopic (exact) mass is 529 g/mol. The number of nitrogens with one attached hydrogen (secondary N) is 3. The van der Waals surface area contributed by atoms with E-state index in [-0.39, 0.29) is 17.9 Å². The molecule has 0 aliphatic heterocycles. The minimum atomic E-state index is -0.704. The van der Waals surface area contributed by atoms with Gasteiger partial charge in [0.25, 0.3) is 5.91 Å². The van der Waals surface area contributed by atoms with Crippen LogP contribution in [0.3, 0.4) is 0 Å². The Morgan fingerprint density at radius 1 is 1.00 bits per heavy atom. The first-order chi connectivity index (χ1) is 15.9. The SMILES string of the molecule is O=C(COC(=O)c1ccccc1OCc1ccccc1Cl)Nc1cc2[nH]c(=O)[nH]c2cc1Br. The molecule has 1 aromatic heterocycles. The Kier molecular flexibility index (Phi) is 6.81. The number of imidazole rings is 1. The van der Waals surface area contributed by atoms with E-state index in [9.17, 15) is 14.4 Å². The molecule has 4 rings (SSSR count). The normalized spacial score (nSPS) is 10.7. The molecule has 0 unspecified atom stereocenters. The van der Waals surface area contributed by atoms with Gasteiger partial charge in [0, 0.05) is 15.1 Å². The summed E-state index contributed by atoms with van der Waals surface area (Å²) in [6.07, 6.45) is 0. The molecule has 0 radical (unpaired) electrons. The fraction of sp³-hybridized carbons (Fsp3) is 0.0870. The maximum Gasteiger partial charge on any atom is 0.342 e. The Morgan fingerprint density at radius 3 is 2.48 bits per heavy atom. The molecule has 0 atom stereocenters. The molecule has 8 nitrogen and oxygen atoms in total. The van der Waals surface area contributed by atoms with Crippen LogP contribution in [0.2, 0.25) is 5.02 Å². The highest BCUT2D eigenvalue weighted by Crippen LogP contribution is 2.26. The van der Waals surface area contributed by atoms with Crippen molar-refractivity contribution < 1.29 is 19.1 Å². The Bertz CT molecular complexity index is 1400. The summed E-state index contributed by atoms with van der Waals surface area (Å²) in [5.74, 6) is -0.937. The molecule has 3 aromatic carbocycles. The van der Waals surface area contributed by atoms with Crippen molar-refractivity contribution in [3.8, 4) is 5.75 Å². The van der Waals surface area contributed by atoms with Gasteiger partial charge in [0.05, 0.1) is 16.7 Å². The number of benzene rings is 3. The fourth-order valence-corrected chi connectivity index (χ4v) is 3.71. The van der Waals surface area contributed by atoms with Crippen LogP contribution in [0.25, 0.3) is 11.0 Å². The molecule has 3 N–H and O–H groups in total. The van der Waals surface area contributed by atoms with E-state index in [1.807, 2.05) is 18.2 Å². The maximum absolute atomic E-state index is 12.6. The van der Waals surface area contributed by atoms with Crippen LogP contribution in [-0.4, -0.2) is 28.5 Å². The smallest absolute Gasteiger partial charge is 0.342 e. The number of para-hydroxylation sites is 1. The molecule has 0 bridgehead atoms. The Morgan fingerprint density at radius 2 is 1.70 bits per heavy atom. The fourth-order valence-electron chi connectivity index (χ4n) is 3.08. The number of H-pyrrole nitrogens is 2. The molecule has 1 amide bonds. The highest BCUT2D eigenvalue weighted by atomic mass is 79.9. The van der Waals surface area contributed by atoms with Gasteiger partial charge in [-0.1, -0.05) is 41.9 Å². The number of fused-ring (bicyclic) bond motifs is 1. The minimum absolute atomic E-state index is 0.169. The summed E-state index contributed by atoms with van der Waals surface area (Å²) in [5.41, 5.74) is 2.13. The Labute approximate surface area is 201 Å². The molecule has 4 aromatic rings. The van der Waals surface area contributed by atoms with Gasteiger partial charge in [0.15, 0.2) is 6.61 Å². The predicted octanol–water partition coefficient (Wildman–Crippen LogP) is 4.65. The van der Waals surface area contributed by atoms with Crippen molar-refractivity contribution in [1.82, 2.24) is 9.97 Å². The van der Waals surface area contributed by atoms with E-state index < -0.39 is 18.5 Å². The van der Waals surface area contributed by atoms with Crippen molar-refractivity contribution in [3.63, 3.8) is 0 Å². The van der Waals surface area contributed by atoms with Crippen molar-refractivity contribution >= 4 is 56.1 Å². The van der Waals surface area contributed by atoms with Crippen LogP contribution >= 0.6 is 27.5 Å². The summed E-state index contributed by atoms with van der Waals surface area (Å²) < 4.78 is 11.5. The average Bonchev–Trinajstić information content (AvgIpc) is 3.16. The van der Waals surface area contributed by atoms with Gasteiger partial charge in [-0.2, -0.15) is 0 Å². The van der Waals surface area contributed by atoms with Gasteiger partial charge < -0.3 is 24.8 Å². The third-order valence-corrected chi connectivity index (χ3v) is 5.68. The molecular formula is C23H17BrClN3O5. The van der Waals surface area contributed by atoms with E-state index in [4.69, 9.17) is 21.1 Å². The number of esters is 1. The van der Waals surface area contributed by atoms with E-state index in [1.54, 1.807) is 42.5 Å². The van der Waals surface area contributed by atoms with E-state index in [2.05, 4.69) is 31.2 Å².